The molecule has 0 atom stereocenters. The van der Waals surface area contributed by atoms with Crippen LogP contribution in [0.25, 0.3) is 0 Å². The van der Waals surface area contributed by atoms with Crippen LogP contribution in [0.3, 0.4) is 0 Å². The van der Waals surface area contributed by atoms with E-state index in [0.29, 0.717) is 34.0 Å². The van der Waals surface area contributed by atoms with Gasteiger partial charge in [0.05, 0.1) is 12.8 Å². The predicted octanol–water partition coefficient (Wildman–Crippen LogP) is 4.01. The van der Waals surface area contributed by atoms with Gasteiger partial charge in [-0.15, -0.1) is 0 Å². The van der Waals surface area contributed by atoms with Crippen LogP contribution in [0.5, 0.6) is 11.5 Å². The van der Waals surface area contributed by atoms with Gasteiger partial charge in [0.1, 0.15) is 17.1 Å². The van der Waals surface area contributed by atoms with Crippen molar-refractivity contribution in [2.45, 2.75) is 20.8 Å². The molecule has 8 nitrogen and oxygen atoms in total. The average Bonchev–Trinajstić information content (AvgIpc) is 2.84. The molecule has 3 aromatic rings. The van der Waals surface area contributed by atoms with Crippen LogP contribution in [0.1, 0.15) is 34.0 Å². The molecule has 2 N–H and O–H groups in total. The Morgan fingerprint density at radius 3 is 2.29 bits per heavy atom. The summed E-state index contributed by atoms with van der Waals surface area (Å²) >= 11 is 0. The van der Waals surface area contributed by atoms with Crippen LogP contribution in [0, 0.1) is 13.8 Å². The third-order valence-corrected chi connectivity index (χ3v) is 4.98. The number of hydrogen-bond donors (Lipinski definition) is 2. The van der Waals surface area contributed by atoms with Gasteiger partial charge < -0.3 is 14.8 Å². The molecule has 0 aliphatic rings. The molecule has 0 saturated heterocycles. The molecule has 0 aromatic heterocycles. The quantitative estimate of drug-likeness (QED) is 0.190. The molecule has 0 spiro atoms. The second-order valence-electron chi connectivity index (χ2n) is 7.52. The number of ether oxygens (including phenoxy) is 2. The van der Waals surface area contributed by atoms with Gasteiger partial charge in [-0.1, -0.05) is 24.3 Å². The van der Waals surface area contributed by atoms with Crippen molar-refractivity contribution >= 4 is 29.2 Å². The average molecular weight is 460 g/mol. The van der Waals surface area contributed by atoms with Gasteiger partial charge in [-0.2, -0.15) is 5.10 Å². The highest BCUT2D eigenvalue weighted by Gasteiger charge is 2.16. The van der Waals surface area contributed by atoms with Gasteiger partial charge in [0, 0.05) is 5.69 Å². The van der Waals surface area contributed by atoms with E-state index in [2.05, 4.69) is 15.8 Å². The molecule has 0 aliphatic carbocycles. The zero-order chi connectivity index (χ0) is 24.7. The maximum atomic E-state index is 12.4. The molecule has 0 aliphatic heterocycles. The van der Waals surface area contributed by atoms with Gasteiger partial charge in [0.2, 0.25) is 0 Å². The number of methoxy groups -OCH3 is 1. The molecule has 8 heteroatoms. The van der Waals surface area contributed by atoms with Crippen LogP contribution in [-0.2, 0) is 9.59 Å². The summed E-state index contributed by atoms with van der Waals surface area (Å²) in [6.07, 6.45) is 0. The number of amides is 2. The molecule has 0 fully saturated rings. The smallest absolute Gasteiger partial charge is 0.347 e. The zero-order valence-corrected chi connectivity index (χ0v) is 19.3. The van der Waals surface area contributed by atoms with Gasteiger partial charge in [-0.25, -0.2) is 10.2 Å². The molecule has 0 bridgehead atoms. The summed E-state index contributed by atoms with van der Waals surface area (Å²) in [6.45, 7) is 5.42. The summed E-state index contributed by atoms with van der Waals surface area (Å²) in [7, 11) is 1.48. The highest BCUT2D eigenvalue weighted by atomic mass is 16.5. The van der Waals surface area contributed by atoms with Crippen molar-refractivity contribution in [3.8, 4) is 11.5 Å². The summed E-state index contributed by atoms with van der Waals surface area (Å²) < 4.78 is 10.6. The maximum Gasteiger partial charge on any atom is 0.347 e. The third kappa shape index (κ3) is 6.07. The topological polar surface area (TPSA) is 106 Å². The highest BCUT2D eigenvalue weighted by molar-refractivity contribution is 6.39. The number of carbonyl (C=O) groups is 3. The lowest BCUT2D eigenvalue weighted by atomic mass is 10.1. The number of para-hydroxylation sites is 1. The van der Waals surface area contributed by atoms with Gasteiger partial charge in [0.15, 0.2) is 0 Å². The first-order valence-corrected chi connectivity index (χ1v) is 10.5. The molecule has 0 saturated carbocycles. The van der Waals surface area contributed by atoms with Crippen LogP contribution in [0.2, 0.25) is 0 Å². The minimum absolute atomic E-state index is 0.314. The number of hydrogen-bond acceptors (Lipinski definition) is 6. The summed E-state index contributed by atoms with van der Waals surface area (Å²) in [5.41, 5.74) is 6.09. The van der Waals surface area contributed by atoms with Gasteiger partial charge in [0.25, 0.3) is 0 Å². The van der Waals surface area contributed by atoms with E-state index in [0.717, 1.165) is 11.1 Å². The minimum Gasteiger partial charge on any atom is -0.496 e. The number of carbonyl (C=O) groups excluding carboxylic acids is 3. The molecule has 34 heavy (non-hydrogen) atoms. The van der Waals surface area contributed by atoms with Crippen LogP contribution in [-0.4, -0.2) is 30.6 Å². The Kier molecular flexibility index (Phi) is 7.76. The Labute approximate surface area is 197 Å². The Morgan fingerprint density at radius 1 is 0.882 bits per heavy atom. The first kappa shape index (κ1) is 24.2. The second kappa shape index (κ2) is 10.9. The summed E-state index contributed by atoms with van der Waals surface area (Å²) in [5.74, 6) is -1.49. The van der Waals surface area contributed by atoms with Crippen molar-refractivity contribution in [3.63, 3.8) is 0 Å². The number of rotatable bonds is 6. The van der Waals surface area contributed by atoms with Gasteiger partial charge in [-0.05, 0) is 79.9 Å². The van der Waals surface area contributed by atoms with E-state index in [-0.39, 0.29) is 0 Å². The van der Waals surface area contributed by atoms with E-state index in [9.17, 15) is 14.4 Å². The van der Waals surface area contributed by atoms with E-state index in [1.54, 1.807) is 61.5 Å². The van der Waals surface area contributed by atoms with E-state index < -0.39 is 17.8 Å². The lowest BCUT2D eigenvalue weighted by Gasteiger charge is -2.09. The first-order chi connectivity index (χ1) is 16.3. The molecule has 3 aromatic carbocycles. The van der Waals surface area contributed by atoms with E-state index in [4.69, 9.17) is 9.47 Å². The van der Waals surface area contributed by atoms with Crippen molar-refractivity contribution in [3.05, 3.63) is 89.0 Å². The molecular formula is C26H25N3O5. The number of benzene rings is 3. The maximum absolute atomic E-state index is 12.4. The third-order valence-electron chi connectivity index (χ3n) is 4.98. The van der Waals surface area contributed by atoms with Crippen LogP contribution in [0.4, 0.5) is 5.69 Å². The molecule has 3 rings (SSSR count). The zero-order valence-electron chi connectivity index (χ0n) is 19.3. The Balaban J connectivity index is 1.60. The first-order valence-electron chi connectivity index (χ1n) is 10.5. The van der Waals surface area contributed by atoms with Crippen molar-refractivity contribution in [1.82, 2.24) is 5.43 Å². The van der Waals surface area contributed by atoms with Crippen molar-refractivity contribution < 1.29 is 23.9 Å². The van der Waals surface area contributed by atoms with Crippen molar-refractivity contribution in [2.24, 2.45) is 5.10 Å². The van der Waals surface area contributed by atoms with E-state index in [1.165, 1.54) is 7.11 Å². The summed E-state index contributed by atoms with van der Waals surface area (Å²) in [4.78, 5) is 36.7. The lowest BCUT2D eigenvalue weighted by molar-refractivity contribution is -0.136. The van der Waals surface area contributed by atoms with Gasteiger partial charge >= 0.3 is 17.8 Å². The van der Waals surface area contributed by atoms with E-state index >= 15 is 0 Å². The fourth-order valence-electron chi connectivity index (χ4n) is 3.04. The number of esters is 1. The SMILES string of the molecule is COc1ccccc1C(=O)Oc1ccc(C(C)=NNC(=O)C(=O)Nc2cc(C)ccc2C)cc1. The number of anilines is 1. The fourth-order valence-corrected chi connectivity index (χ4v) is 3.04. The number of hydrazone groups is 1. The van der Waals surface area contributed by atoms with Crippen LogP contribution < -0.4 is 20.2 Å². The molecule has 0 unspecified atom stereocenters. The molecular weight excluding hydrogens is 434 g/mol. The normalized spacial score (nSPS) is 10.9. The highest BCUT2D eigenvalue weighted by Crippen LogP contribution is 2.21. The second-order valence-corrected chi connectivity index (χ2v) is 7.52. The summed E-state index contributed by atoms with van der Waals surface area (Å²) in [5, 5.41) is 6.57. The van der Waals surface area contributed by atoms with Crippen molar-refractivity contribution in [2.75, 3.05) is 12.4 Å². The predicted molar refractivity (Wildman–Crippen MR) is 129 cm³/mol. The Bertz CT molecular complexity index is 1250. The standard InChI is InChI=1S/C26H25N3O5/c1-16-9-10-17(2)22(15-16)27-24(30)25(31)29-28-18(3)19-11-13-20(14-12-19)34-26(32)21-7-5-6-8-23(21)33-4/h5-15H,1-4H3,(H,27,30)(H,29,31). The fraction of sp³-hybridized carbons (Fsp3) is 0.154. The minimum atomic E-state index is -0.886. The lowest BCUT2D eigenvalue weighted by Crippen LogP contribution is -2.33. The molecule has 0 heterocycles. The molecule has 0 radical (unpaired) electrons. The Morgan fingerprint density at radius 2 is 1.59 bits per heavy atom. The monoisotopic (exact) mass is 459 g/mol. The number of nitrogens with one attached hydrogen (secondary N) is 2. The van der Waals surface area contributed by atoms with Crippen LogP contribution in [0.15, 0.2) is 71.8 Å². The number of nitrogens with zero attached hydrogens (tertiary/aromatic N) is 1. The molecule has 174 valence electrons. The van der Waals surface area contributed by atoms with Gasteiger partial charge in [-0.3, -0.25) is 9.59 Å². The van der Waals surface area contributed by atoms with Crippen molar-refractivity contribution in [1.29, 1.82) is 0 Å². The Hall–Kier alpha value is -4.46. The molecule has 2 amide bonds. The summed E-state index contributed by atoms with van der Waals surface area (Å²) in [6, 6.07) is 18.9. The largest absolute Gasteiger partial charge is 0.496 e. The number of aryl methyl sites for hydroxylation is 2. The van der Waals surface area contributed by atoms with Crippen LogP contribution >= 0.6 is 0 Å². The van der Waals surface area contributed by atoms with E-state index in [1.807, 2.05) is 26.0 Å².